The number of amides is 3. The molecule has 0 aliphatic carbocycles. The normalized spacial score (nSPS) is 27.1. The van der Waals surface area contributed by atoms with Crippen molar-refractivity contribution < 1.29 is 19.4 Å². The lowest BCUT2D eigenvalue weighted by Gasteiger charge is -2.33. The minimum Gasteiger partial charge on any atom is -0.379 e. The molecular formula is C9H16N4O4. The number of rotatable bonds is 3. The van der Waals surface area contributed by atoms with E-state index < -0.39 is 18.2 Å². The van der Waals surface area contributed by atoms with Crippen molar-refractivity contribution in [3.8, 4) is 0 Å². The Kier molecular flexibility index (Phi) is 3.89. The molecule has 2 saturated heterocycles. The molecule has 3 N–H and O–H groups in total. The van der Waals surface area contributed by atoms with Crippen molar-refractivity contribution in [2.24, 2.45) is 0 Å². The van der Waals surface area contributed by atoms with E-state index in [0.29, 0.717) is 26.3 Å². The summed E-state index contributed by atoms with van der Waals surface area (Å²) in [5.74, 6) is -0.724. The summed E-state index contributed by atoms with van der Waals surface area (Å²) >= 11 is 0. The summed E-state index contributed by atoms with van der Waals surface area (Å²) in [5, 5.41) is 12.5. The van der Waals surface area contributed by atoms with Gasteiger partial charge in [0.25, 0.3) is 5.91 Å². The Bertz CT molecular complexity index is 305. The second kappa shape index (κ2) is 5.41. The summed E-state index contributed by atoms with van der Waals surface area (Å²) in [4.78, 5) is 24.5. The summed E-state index contributed by atoms with van der Waals surface area (Å²) < 4.78 is 5.21. The molecular weight excluding hydrogens is 228 g/mol. The molecule has 2 fully saturated rings. The molecule has 0 saturated carbocycles. The zero-order valence-electron chi connectivity index (χ0n) is 9.39. The standard InChI is InChI=1S/C9H16N4O4/c14-7-8(15)11-13(9(16)10-7)2-1-12-3-5-17-6-4-12/h8,11,15H,1-6H2,(H,10,14,16). The number of ether oxygens (including phenoxy) is 1. The number of nitrogens with zero attached hydrogens (tertiary/aromatic N) is 2. The minimum atomic E-state index is -1.36. The van der Waals surface area contributed by atoms with Gasteiger partial charge in [0.15, 0.2) is 0 Å². The van der Waals surface area contributed by atoms with Gasteiger partial charge in [-0.05, 0) is 0 Å². The van der Waals surface area contributed by atoms with E-state index in [1.165, 1.54) is 5.01 Å². The molecule has 0 spiro atoms. The van der Waals surface area contributed by atoms with Gasteiger partial charge in [0, 0.05) is 19.6 Å². The van der Waals surface area contributed by atoms with Crippen molar-refractivity contribution in [3.63, 3.8) is 0 Å². The van der Waals surface area contributed by atoms with Crippen LogP contribution in [0.5, 0.6) is 0 Å². The Hall–Kier alpha value is -1.22. The van der Waals surface area contributed by atoms with Gasteiger partial charge >= 0.3 is 6.03 Å². The second-order valence-corrected chi connectivity index (χ2v) is 3.93. The van der Waals surface area contributed by atoms with Crippen LogP contribution in [0, 0.1) is 0 Å². The van der Waals surface area contributed by atoms with Gasteiger partial charge in [0.05, 0.1) is 19.8 Å². The Morgan fingerprint density at radius 3 is 2.71 bits per heavy atom. The molecule has 8 nitrogen and oxygen atoms in total. The molecule has 0 aromatic heterocycles. The molecule has 96 valence electrons. The van der Waals surface area contributed by atoms with Crippen LogP contribution in [-0.4, -0.2) is 72.6 Å². The van der Waals surface area contributed by atoms with Gasteiger partial charge in [-0.25, -0.2) is 4.79 Å². The molecule has 3 amide bonds. The fourth-order valence-electron chi connectivity index (χ4n) is 1.74. The van der Waals surface area contributed by atoms with Crippen molar-refractivity contribution >= 4 is 11.9 Å². The smallest absolute Gasteiger partial charge is 0.338 e. The van der Waals surface area contributed by atoms with Gasteiger partial charge in [-0.3, -0.25) is 20.0 Å². The summed E-state index contributed by atoms with van der Waals surface area (Å²) in [5.41, 5.74) is 2.42. The van der Waals surface area contributed by atoms with E-state index in [2.05, 4.69) is 15.6 Å². The molecule has 2 rings (SSSR count). The maximum absolute atomic E-state index is 11.4. The van der Waals surface area contributed by atoms with Crippen molar-refractivity contribution in [1.82, 2.24) is 20.7 Å². The lowest BCUT2D eigenvalue weighted by atomic mass is 10.4. The zero-order chi connectivity index (χ0) is 12.3. The van der Waals surface area contributed by atoms with Crippen molar-refractivity contribution in [2.45, 2.75) is 6.23 Å². The third-order valence-electron chi connectivity index (χ3n) is 2.75. The molecule has 0 aromatic rings. The van der Waals surface area contributed by atoms with Crippen LogP contribution in [0.4, 0.5) is 4.79 Å². The number of aliphatic hydroxyl groups excluding tert-OH is 1. The number of aliphatic hydroxyl groups is 1. The fourth-order valence-corrected chi connectivity index (χ4v) is 1.74. The minimum absolute atomic E-state index is 0.399. The van der Waals surface area contributed by atoms with Crippen LogP contribution in [0.3, 0.4) is 0 Å². The average Bonchev–Trinajstić information content (AvgIpc) is 2.33. The summed E-state index contributed by atoms with van der Waals surface area (Å²) in [6.45, 7) is 4.12. The van der Waals surface area contributed by atoms with Gasteiger partial charge in [-0.1, -0.05) is 0 Å². The number of urea groups is 1. The van der Waals surface area contributed by atoms with E-state index in [-0.39, 0.29) is 0 Å². The number of morpholine rings is 1. The Balaban J connectivity index is 1.78. The van der Waals surface area contributed by atoms with E-state index in [1.54, 1.807) is 0 Å². The Labute approximate surface area is 98.5 Å². The lowest BCUT2D eigenvalue weighted by molar-refractivity contribution is -0.135. The van der Waals surface area contributed by atoms with Crippen LogP contribution >= 0.6 is 0 Å². The SMILES string of the molecule is O=C1NC(=O)N(CCN2CCOCC2)NC1O. The first-order chi connectivity index (χ1) is 8.16. The molecule has 2 aliphatic rings. The first kappa shape index (κ1) is 12.2. The maximum Gasteiger partial charge on any atom is 0.338 e. The number of hydrazine groups is 1. The highest BCUT2D eigenvalue weighted by molar-refractivity contribution is 5.98. The summed E-state index contributed by atoms with van der Waals surface area (Å²) in [7, 11) is 0. The number of imide groups is 1. The van der Waals surface area contributed by atoms with E-state index in [9.17, 15) is 14.7 Å². The predicted molar refractivity (Wildman–Crippen MR) is 56.6 cm³/mol. The largest absolute Gasteiger partial charge is 0.379 e. The van der Waals surface area contributed by atoms with E-state index in [1.807, 2.05) is 0 Å². The monoisotopic (exact) mass is 244 g/mol. The van der Waals surface area contributed by atoms with Gasteiger partial charge in [0.1, 0.15) is 0 Å². The molecule has 2 aliphatic heterocycles. The highest BCUT2D eigenvalue weighted by Gasteiger charge is 2.30. The van der Waals surface area contributed by atoms with Crippen LogP contribution < -0.4 is 10.7 Å². The Morgan fingerprint density at radius 2 is 2.00 bits per heavy atom. The highest BCUT2D eigenvalue weighted by Crippen LogP contribution is 1.99. The van der Waals surface area contributed by atoms with Crippen molar-refractivity contribution in [3.05, 3.63) is 0 Å². The van der Waals surface area contributed by atoms with Gasteiger partial charge in [-0.2, -0.15) is 5.43 Å². The molecule has 2 heterocycles. The topological polar surface area (TPSA) is 94.1 Å². The molecule has 8 heteroatoms. The molecule has 1 unspecified atom stereocenters. The van der Waals surface area contributed by atoms with Crippen LogP contribution in [0.25, 0.3) is 0 Å². The average molecular weight is 244 g/mol. The third-order valence-corrected chi connectivity index (χ3v) is 2.75. The molecule has 0 bridgehead atoms. The van der Waals surface area contributed by atoms with Crippen LogP contribution in [0.2, 0.25) is 0 Å². The van der Waals surface area contributed by atoms with Gasteiger partial charge < -0.3 is 9.84 Å². The molecule has 1 atom stereocenters. The second-order valence-electron chi connectivity index (χ2n) is 3.93. The van der Waals surface area contributed by atoms with E-state index in [0.717, 1.165) is 13.1 Å². The van der Waals surface area contributed by atoms with E-state index in [4.69, 9.17) is 4.74 Å². The van der Waals surface area contributed by atoms with Crippen molar-refractivity contribution in [2.75, 3.05) is 39.4 Å². The first-order valence-electron chi connectivity index (χ1n) is 5.53. The lowest BCUT2D eigenvalue weighted by Crippen LogP contribution is -2.65. The van der Waals surface area contributed by atoms with Crippen LogP contribution in [-0.2, 0) is 9.53 Å². The summed E-state index contributed by atoms with van der Waals surface area (Å²) in [6.07, 6.45) is -1.36. The van der Waals surface area contributed by atoms with Gasteiger partial charge in [0.2, 0.25) is 6.23 Å². The van der Waals surface area contributed by atoms with Crippen molar-refractivity contribution in [1.29, 1.82) is 0 Å². The molecule has 17 heavy (non-hydrogen) atoms. The third kappa shape index (κ3) is 3.13. The maximum atomic E-state index is 11.4. The number of nitrogens with one attached hydrogen (secondary N) is 2. The quantitative estimate of drug-likeness (QED) is 0.516. The zero-order valence-corrected chi connectivity index (χ0v) is 9.39. The number of hydrogen-bond acceptors (Lipinski definition) is 6. The number of carbonyl (C=O) groups excluding carboxylic acids is 2. The first-order valence-corrected chi connectivity index (χ1v) is 5.53. The molecule has 0 radical (unpaired) electrons. The fraction of sp³-hybridized carbons (Fsp3) is 0.778. The number of carbonyl (C=O) groups is 2. The van der Waals surface area contributed by atoms with Crippen LogP contribution in [0.1, 0.15) is 0 Å². The Morgan fingerprint density at radius 1 is 1.29 bits per heavy atom. The summed E-state index contributed by atoms with van der Waals surface area (Å²) in [6, 6.07) is -0.534. The number of hydrogen-bond donors (Lipinski definition) is 3. The predicted octanol–water partition coefficient (Wildman–Crippen LogP) is -2.31. The molecule has 0 aromatic carbocycles. The highest BCUT2D eigenvalue weighted by atomic mass is 16.5. The van der Waals surface area contributed by atoms with Crippen LogP contribution in [0.15, 0.2) is 0 Å². The van der Waals surface area contributed by atoms with Gasteiger partial charge in [-0.15, -0.1) is 0 Å². The van der Waals surface area contributed by atoms with E-state index >= 15 is 0 Å².